The molecule has 144 valence electrons. The third-order valence-electron chi connectivity index (χ3n) is 5.50. The normalized spacial score (nSPS) is 21.2. The molecule has 0 radical (unpaired) electrons. The standard InChI is InChI=1S/C22H34N2O2/c1-21(2,3)15-7-11-17(12-8-15)23-19(25)20(26)24-18-13-9-16(10-14-18)22(4,5)6/h7-8,11-12,16,18H,9-10,13-14H2,1-6H3,(H,23,25)(H,24,26). The summed E-state index contributed by atoms with van der Waals surface area (Å²) < 4.78 is 0. The summed E-state index contributed by atoms with van der Waals surface area (Å²) in [4.78, 5) is 24.4. The number of nitrogens with one attached hydrogen (secondary N) is 2. The summed E-state index contributed by atoms with van der Waals surface area (Å²) in [6.45, 7) is 13.2. The summed E-state index contributed by atoms with van der Waals surface area (Å²) in [7, 11) is 0. The average molecular weight is 359 g/mol. The van der Waals surface area contributed by atoms with Gasteiger partial charge in [-0.05, 0) is 60.1 Å². The molecular formula is C22H34N2O2. The van der Waals surface area contributed by atoms with Gasteiger partial charge in [0.2, 0.25) is 0 Å². The monoisotopic (exact) mass is 358 g/mol. The van der Waals surface area contributed by atoms with Crippen LogP contribution in [-0.2, 0) is 15.0 Å². The smallest absolute Gasteiger partial charge is 0.313 e. The fraction of sp³-hybridized carbons (Fsp3) is 0.636. The Labute approximate surface area is 158 Å². The lowest BCUT2D eigenvalue weighted by molar-refractivity contribution is -0.136. The SMILES string of the molecule is CC(C)(C)c1ccc(NC(=O)C(=O)NC2CCC(C(C)(C)C)CC2)cc1. The van der Waals surface area contributed by atoms with Crippen molar-refractivity contribution < 1.29 is 9.59 Å². The van der Waals surface area contributed by atoms with Crippen LogP contribution in [0.4, 0.5) is 5.69 Å². The number of amides is 2. The van der Waals surface area contributed by atoms with Crippen molar-refractivity contribution in [2.75, 3.05) is 5.32 Å². The van der Waals surface area contributed by atoms with Crippen LogP contribution in [0.15, 0.2) is 24.3 Å². The first-order valence-electron chi connectivity index (χ1n) is 9.69. The number of carbonyl (C=O) groups is 2. The van der Waals surface area contributed by atoms with Gasteiger partial charge in [0.25, 0.3) is 0 Å². The van der Waals surface area contributed by atoms with Crippen molar-refractivity contribution in [3.63, 3.8) is 0 Å². The molecule has 1 fully saturated rings. The van der Waals surface area contributed by atoms with Crippen LogP contribution in [0.25, 0.3) is 0 Å². The van der Waals surface area contributed by atoms with E-state index < -0.39 is 11.8 Å². The molecule has 26 heavy (non-hydrogen) atoms. The molecule has 2 N–H and O–H groups in total. The Balaban J connectivity index is 1.84. The van der Waals surface area contributed by atoms with Gasteiger partial charge in [-0.15, -0.1) is 0 Å². The van der Waals surface area contributed by atoms with Crippen molar-refractivity contribution in [1.29, 1.82) is 0 Å². The van der Waals surface area contributed by atoms with E-state index in [1.807, 2.05) is 24.3 Å². The Kier molecular flexibility index (Phi) is 6.15. The van der Waals surface area contributed by atoms with E-state index in [9.17, 15) is 9.59 Å². The number of benzene rings is 1. The van der Waals surface area contributed by atoms with Crippen molar-refractivity contribution >= 4 is 17.5 Å². The minimum atomic E-state index is -0.591. The number of rotatable bonds is 2. The lowest BCUT2D eigenvalue weighted by Crippen LogP contribution is -2.44. The molecule has 0 unspecified atom stereocenters. The number of anilines is 1. The first-order valence-corrected chi connectivity index (χ1v) is 9.69. The molecule has 1 aromatic rings. The second-order valence-electron chi connectivity index (χ2n) is 9.67. The second kappa shape index (κ2) is 7.81. The van der Waals surface area contributed by atoms with E-state index in [1.54, 1.807) is 0 Å². The van der Waals surface area contributed by atoms with Crippen LogP contribution in [0, 0.1) is 11.3 Å². The quantitative estimate of drug-likeness (QED) is 0.757. The fourth-order valence-electron chi connectivity index (χ4n) is 3.60. The van der Waals surface area contributed by atoms with Gasteiger partial charge in [0.1, 0.15) is 0 Å². The van der Waals surface area contributed by atoms with Gasteiger partial charge in [-0.3, -0.25) is 9.59 Å². The minimum Gasteiger partial charge on any atom is -0.345 e. The summed E-state index contributed by atoms with van der Waals surface area (Å²) in [6.07, 6.45) is 4.09. The van der Waals surface area contributed by atoms with Gasteiger partial charge in [0, 0.05) is 11.7 Å². The molecule has 1 aliphatic rings. The first-order chi connectivity index (χ1) is 12.0. The number of carbonyl (C=O) groups excluding carboxylic acids is 2. The maximum Gasteiger partial charge on any atom is 0.313 e. The highest BCUT2D eigenvalue weighted by atomic mass is 16.2. The van der Waals surface area contributed by atoms with E-state index in [0.717, 1.165) is 25.7 Å². The van der Waals surface area contributed by atoms with E-state index in [1.165, 1.54) is 5.56 Å². The third kappa shape index (κ3) is 5.58. The molecule has 1 aromatic carbocycles. The van der Waals surface area contributed by atoms with E-state index >= 15 is 0 Å². The molecule has 0 aliphatic heterocycles. The van der Waals surface area contributed by atoms with Crippen molar-refractivity contribution in [1.82, 2.24) is 5.32 Å². The summed E-state index contributed by atoms with van der Waals surface area (Å²) in [5.74, 6) is -0.443. The van der Waals surface area contributed by atoms with E-state index in [0.29, 0.717) is 17.0 Å². The van der Waals surface area contributed by atoms with Crippen LogP contribution in [0.2, 0.25) is 0 Å². The highest BCUT2D eigenvalue weighted by molar-refractivity contribution is 6.39. The number of hydrogen-bond donors (Lipinski definition) is 2. The largest absolute Gasteiger partial charge is 0.345 e. The minimum absolute atomic E-state index is 0.0613. The molecule has 0 heterocycles. The zero-order chi connectivity index (χ0) is 19.5. The Hall–Kier alpha value is -1.84. The van der Waals surface area contributed by atoms with Gasteiger partial charge in [0.15, 0.2) is 0 Å². The van der Waals surface area contributed by atoms with Gasteiger partial charge in [-0.25, -0.2) is 0 Å². The molecule has 4 heteroatoms. The predicted octanol–water partition coefficient (Wildman–Crippen LogP) is 4.64. The summed E-state index contributed by atoms with van der Waals surface area (Å²) in [6, 6.07) is 7.78. The second-order valence-corrected chi connectivity index (χ2v) is 9.67. The van der Waals surface area contributed by atoms with Crippen molar-refractivity contribution in [3.8, 4) is 0 Å². The van der Waals surface area contributed by atoms with Gasteiger partial charge in [-0.1, -0.05) is 53.7 Å². The van der Waals surface area contributed by atoms with E-state index in [2.05, 4.69) is 52.2 Å². The zero-order valence-electron chi connectivity index (χ0n) is 17.1. The zero-order valence-corrected chi connectivity index (χ0v) is 17.1. The van der Waals surface area contributed by atoms with Crippen LogP contribution < -0.4 is 10.6 Å². The molecule has 1 aliphatic carbocycles. The molecule has 0 atom stereocenters. The summed E-state index contributed by atoms with van der Waals surface area (Å²) in [5.41, 5.74) is 2.21. The lowest BCUT2D eigenvalue weighted by atomic mass is 9.71. The fourth-order valence-corrected chi connectivity index (χ4v) is 3.60. The summed E-state index contributed by atoms with van der Waals surface area (Å²) >= 11 is 0. The van der Waals surface area contributed by atoms with Crippen LogP contribution in [0.1, 0.15) is 72.8 Å². The van der Waals surface area contributed by atoms with Crippen molar-refractivity contribution in [3.05, 3.63) is 29.8 Å². The molecule has 4 nitrogen and oxygen atoms in total. The van der Waals surface area contributed by atoms with Crippen molar-refractivity contribution in [2.45, 2.75) is 78.7 Å². The van der Waals surface area contributed by atoms with Crippen LogP contribution in [0.5, 0.6) is 0 Å². The first kappa shape index (κ1) is 20.5. The molecule has 2 rings (SSSR count). The maximum absolute atomic E-state index is 12.2. The molecule has 0 spiro atoms. The molecular weight excluding hydrogens is 324 g/mol. The average Bonchev–Trinajstić information content (AvgIpc) is 2.54. The van der Waals surface area contributed by atoms with Crippen LogP contribution >= 0.6 is 0 Å². The summed E-state index contributed by atoms with van der Waals surface area (Å²) in [5, 5.41) is 5.59. The molecule has 1 saturated carbocycles. The Morgan fingerprint density at radius 1 is 0.846 bits per heavy atom. The molecule has 0 saturated heterocycles. The topological polar surface area (TPSA) is 58.2 Å². The Bertz CT molecular complexity index is 628. The predicted molar refractivity (Wildman–Crippen MR) is 107 cm³/mol. The lowest BCUT2D eigenvalue weighted by Gasteiger charge is -2.37. The van der Waals surface area contributed by atoms with Gasteiger partial charge in [-0.2, -0.15) is 0 Å². The van der Waals surface area contributed by atoms with Gasteiger partial charge < -0.3 is 10.6 Å². The highest BCUT2D eigenvalue weighted by Gasteiger charge is 2.31. The Morgan fingerprint density at radius 2 is 1.38 bits per heavy atom. The van der Waals surface area contributed by atoms with E-state index in [-0.39, 0.29) is 11.5 Å². The van der Waals surface area contributed by atoms with Gasteiger partial charge in [0.05, 0.1) is 0 Å². The number of hydrogen-bond acceptors (Lipinski definition) is 2. The maximum atomic E-state index is 12.2. The van der Waals surface area contributed by atoms with Crippen LogP contribution in [-0.4, -0.2) is 17.9 Å². The van der Waals surface area contributed by atoms with Crippen LogP contribution in [0.3, 0.4) is 0 Å². The molecule has 0 bridgehead atoms. The molecule has 2 amide bonds. The van der Waals surface area contributed by atoms with Crippen molar-refractivity contribution in [2.24, 2.45) is 11.3 Å². The third-order valence-corrected chi connectivity index (χ3v) is 5.50. The molecule has 0 aromatic heterocycles. The highest BCUT2D eigenvalue weighted by Crippen LogP contribution is 2.37. The van der Waals surface area contributed by atoms with E-state index in [4.69, 9.17) is 0 Å². The Morgan fingerprint density at radius 3 is 1.85 bits per heavy atom. The van der Waals surface area contributed by atoms with Gasteiger partial charge >= 0.3 is 11.8 Å².